The summed E-state index contributed by atoms with van der Waals surface area (Å²) < 4.78 is 6.48. The van der Waals surface area contributed by atoms with Crippen LogP contribution in [0.2, 0.25) is 5.02 Å². The molecule has 19 heavy (non-hydrogen) atoms. The molecule has 1 atom stereocenters. The number of para-hydroxylation sites is 1. The van der Waals surface area contributed by atoms with Crippen LogP contribution in [0, 0.1) is 3.57 Å². The number of hydrazine groups is 1. The maximum absolute atomic E-state index is 6.08. The minimum Gasteiger partial charge on any atom is -0.496 e. The van der Waals surface area contributed by atoms with E-state index in [9.17, 15) is 0 Å². The van der Waals surface area contributed by atoms with Crippen LogP contribution in [0.25, 0.3) is 0 Å². The highest BCUT2D eigenvalue weighted by Gasteiger charge is 2.19. The van der Waals surface area contributed by atoms with Crippen molar-refractivity contribution in [2.75, 3.05) is 7.11 Å². The number of hydrogen-bond acceptors (Lipinski definition) is 3. The lowest BCUT2D eigenvalue weighted by atomic mass is 9.98. The lowest BCUT2D eigenvalue weighted by Crippen LogP contribution is -2.29. The van der Waals surface area contributed by atoms with Gasteiger partial charge in [0.15, 0.2) is 0 Å². The third kappa shape index (κ3) is 3.20. The number of nitrogens with two attached hydrogens (primary N) is 1. The molecular formula is C14H14ClIN2O. The van der Waals surface area contributed by atoms with E-state index in [2.05, 4.69) is 28.0 Å². The number of halogens is 2. The van der Waals surface area contributed by atoms with Crippen molar-refractivity contribution in [1.82, 2.24) is 5.43 Å². The van der Waals surface area contributed by atoms with Crippen molar-refractivity contribution in [3.05, 3.63) is 62.2 Å². The van der Waals surface area contributed by atoms with Gasteiger partial charge in [-0.3, -0.25) is 5.84 Å². The molecule has 0 bridgehead atoms. The molecule has 1 unspecified atom stereocenters. The molecule has 2 rings (SSSR count). The van der Waals surface area contributed by atoms with Gasteiger partial charge in [0.2, 0.25) is 0 Å². The zero-order valence-corrected chi connectivity index (χ0v) is 13.3. The number of nitrogens with one attached hydrogen (secondary N) is 1. The molecule has 0 heterocycles. The van der Waals surface area contributed by atoms with Crippen molar-refractivity contribution >= 4 is 34.2 Å². The maximum atomic E-state index is 6.08. The first-order valence-electron chi connectivity index (χ1n) is 5.71. The summed E-state index contributed by atoms with van der Waals surface area (Å²) in [5.41, 5.74) is 4.84. The third-order valence-electron chi connectivity index (χ3n) is 2.89. The molecule has 0 radical (unpaired) electrons. The lowest BCUT2D eigenvalue weighted by Gasteiger charge is -2.21. The Morgan fingerprint density at radius 3 is 2.63 bits per heavy atom. The van der Waals surface area contributed by atoms with Crippen LogP contribution >= 0.6 is 34.2 Å². The summed E-state index contributed by atoms with van der Waals surface area (Å²) in [6, 6.07) is 13.4. The number of ether oxygens (including phenoxy) is 1. The van der Waals surface area contributed by atoms with Gasteiger partial charge in [-0.2, -0.15) is 0 Å². The summed E-state index contributed by atoms with van der Waals surface area (Å²) in [6.07, 6.45) is 0. The van der Waals surface area contributed by atoms with Gasteiger partial charge < -0.3 is 4.74 Å². The zero-order chi connectivity index (χ0) is 13.8. The second kappa shape index (κ2) is 6.56. The largest absolute Gasteiger partial charge is 0.496 e. The summed E-state index contributed by atoms with van der Waals surface area (Å²) in [5, 5.41) is 0.686. The molecule has 3 nitrogen and oxygen atoms in total. The molecule has 0 spiro atoms. The van der Waals surface area contributed by atoms with Crippen molar-refractivity contribution in [3.8, 4) is 5.75 Å². The van der Waals surface area contributed by atoms with Crippen molar-refractivity contribution in [2.45, 2.75) is 6.04 Å². The van der Waals surface area contributed by atoms with E-state index >= 15 is 0 Å². The summed E-state index contributed by atoms with van der Waals surface area (Å²) in [7, 11) is 1.65. The molecule has 2 aromatic carbocycles. The molecule has 0 amide bonds. The van der Waals surface area contributed by atoms with E-state index in [-0.39, 0.29) is 6.04 Å². The molecule has 0 saturated heterocycles. The van der Waals surface area contributed by atoms with Crippen LogP contribution in [0.5, 0.6) is 5.75 Å². The van der Waals surface area contributed by atoms with Gasteiger partial charge >= 0.3 is 0 Å². The molecule has 0 saturated carbocycles. The second-order valence-corrected chi connectivity index (χ2v) is 5.61. The number of rotatable bonds is 4. The van der Waals surface area contributed by atoms with Crippen LogP contribution in [0.3, 0.4) is 0 Å². The van der Waals surface area contributed by atoms with Crippen LogP contribution in [0.4, 0.5) is 0 Å². The van der Waals surface area contributed by atoms with Gasteiger partial charge in [0.05, 0.1) is 13.2 Å². The van der Waals surface area contributed by atoms with E-state index in [4.69, 9.17) is 22.2 Å². The summed E-state index contributed by atoms with van der Waals surface area (Å²) in [6.45, 7) is 0. The predicted molar refractivity (Wildman–Crippen MR) is 86.3 cm³/mol. The first-order chi connectivity index (χ1) is 9.17. The van der Waals surface area contributed by atoms with Gasteiger partial charge in [-0.1, -0.05) is 29.8 Å². The quantitative estimate of drug-likeness (QED) is 0.479. The van der Waals surface area contributed by atoms with Crippen LogP contribution in [-0.4, -0.2) is 7.11 Å². The SMILES string of the molecule is COc1ccccc1C(NN)c1cc(Cl)ccc1I. The molecule has 0 fully saturated rings. The molecule has 5 heteroatoms. The van der Waals surface area contributed by atoms with Crippen LogP contribution < -0.4 is 16.0 Å². The fourth-order valence-electron chi connectivity index (χ4n) is 1.99. The Balaban J connectivity index is 2.53. The monoisotopic (exact) mass is 388 g/mol. The Kier molecular flexibility index (Phi) is 5.04. The van der Waals surface area contributed by atoms with Gasteiger partial charge in [-0.25, -0.2) is 5.43 Å². The van der Waals surface area contributed by atoms with E-state index in [0.29, 0.717) is 5.02 Å². The van der Waals surface area contributed by atoms with Crippen LogP contribution in [-0.2, 0) is 0 Å². The van der Waals surface area contributed by atoms with Gasteiger partial charge in [0.25, 0.3) is 0 Å². The Morgan fingerprint density at radius 1 is 1.21 bits per heavy atom. The first-order valence-corrected chi connectivity index (χ1v) is 7.17. The third-order valence-corrected chi connectivity index (χ3v) is 4.10. The first kappa shape index (κ1) is 14.6. The number of benzene rings is 2. The van der Waals surface area contributed by atoms with Crippen molar-refractivity contribution in [2.24, 2.45) is 5.84 Å². The van der Waals surface area contributed by atoms with Crippen molar-refractivity contribution in [3.63, 3.8) is 0 Å². The Morgan fingerprint density at radius 2 is 1.95 bits per heavy atom. The highest BCUT2D eigenvalue weighted by atomic mass is 127. The zero-order valence-electron chi connectivity index (χ0n) is 10.4. The summed E-state index contributed by atoms with van der Waals surface area (Å²) >= 11 is 8.35. The van der Waals surface area contributed by atoms with Gasteiger partial charge in [-0.05, 0) is 52.4 Å². The van der Waals surface area contributed by atoms with Gasteiger partial charge in [-0.15, -0.1) is 0 Å². The molecule has 0 aliphatic heterocycles. The molecular weight excluding hydrogens is 375 g/mol. The van der Waals surface area contributed by atoms with E-state index in [1.807, 2.05) is 42.5 Å². The summed E-state index contributed by atoms with van der Waals surface area (Å²) in [4.78, 5) is 0. The van der Waals surface area contributed by atoms with E-state index < -0.39 is 0 Å². The summed E-state index contributed by atoms with van der Waals surface area (Å²) in [5.74, 6) is 6.52. The number of hydrogen-bond donors (Lipinski definition) is 2. The molecule has 0 aliphatic rings. The Bertz CT molecular complexity index is 577. The average molecular weight is 389 g/mol. The average Bonchev–Trinajstić information content (AvgIpc) is 2.44. The molecule has 0 aliphatic carbocycles. The Labute approximate surface area is 131 Å². The minimum atomic E-state index is -0.165. The highest BCUT2D eigenvalue weighted by Crippen LogP contribution is 2.32. The van der Waals surface area contributed by atoms with E-state index in [1.165, 1.54) is 0 Å². The molecule has 2 aromatic rings. The highest BCUT2D eigenvalue weighted by molar-refractivity contribution is 14.1. The molecule has 100 valence electrons. The fraction of sp³-hybridized carbons (Fsp3) is 0.143. The second-order valence-electron chi connectivity index (χ2n) is 4.01. The smallest absolute Gasteiger partial charge is 0.124 e. The van der Waals surface area contributed by atoms with Gasteiger partial charge in [0, 0.05) is 14.2 Å². The van der Waals surface area contributed by atoms with Crippen LogP contribution in [0.1, 0.15) is 17.2 Å². The van der Waals surface area contributed by atoms with E-state index in [1.54, 1.807) is 7.11 Å². The normalized spacial score (nSPS) is 12.2. The van der Waals surface area contributed by atoms with Gasteiger partial charge in [0.1, 0.15) is 5.75 Å². The molecule has 0 aromatic heterocycles. The number of methoxy groups -OCH3 is 1. The lowest BCUT2D eigenvalue weighted by molar-refractivity contribution is 0.404. The Hall–Kier alpha value is -0.820. The standard InChI is InChI=1S/C14H14ClIN2O/c1-19-13-5-3-2-4-10(13)14(18-17)11-8-9(15)6-7-12(11)16/h2-8,14,18H,17H2,1H3. The van der Waals surface area contributed by atoms with E-state index in [0.717, 1.165) is 20.4 Å². The minimum absolute atomic E-state index is 0.165. The van der Waals surface area contributed by atoms with Crippen LogP contribution in [0.15, 0.2) is 42.5 Å². The van der Waals surface area contributed by atoms with Crippen molar-refractivity contribution < 1.29 is 4.74 Å². The topological polar surface area (TPSA) is 47.3 Å². The predicted octanol–water partition coefficient (Wildman–Crippen LogP) is 3.51. The fourth-order valence-corrected chi connectivity index (χ4v) is 2.82. The molecule has 3 N–H and O–H groups in total. The maximum Gasteiger partial charge on any atom is 0.124 e. The van der Waals surface area contributed by atoms with Crippen molar-refractivity contribution in [1.29, 1.82) is 0 Å².